The lowest BCUT2D eigenvalue weighted by atomic mass is 10.3. The van der Waals surface area contributed by atoms with E-state index in [9.17, 15) is 12.8 Å². The molecule has 3 N–H and O–H groups in total. The van der Waals surface area contributed by atoms with Crippen LogP contribution in [0.25, 0.3) is 0 Å². The number of halogens is 2. The van der Waals surface area contributed by atoms with Crippen LogP contribution in [0, 0.1) is 5.82 Å². The molecule has 21 heavy (non-hydrogen) atoms. The third-order valence-electron chi connectivity index (χ3n) is 2.68. The molecule has 0 spiro atoms. The second-order valence-electron chi connectivity index (χ2n) is 4.14. The number of methoxy groups -OCH3 is 1. The Balaban J connectivity index is 2.33. The second-order valence-corrected chi connectivity index (χ2v) is 6.67. The number of hydrogen-bond acceptors (Lipinski definition) is 4. The Morgan fingerprint density at radius 3 is 2.52 bits per heavy atom. The van der Waals surface area contributed by atoms with Crippen LogP contribution in [0.2, 0.25) is 0 Å². The largest absolute Gasteiger partial charge is 0.495 e. The quantitative estimate of drug-likeness (QED) is 0.806. The predicted octanol–water partition coefficient (Wildman–Crippen LogP) is 2.98. The Morgan fingerprint density at radius 1 is 1.24 bits per heavy atom. The summed E-state index contributed by atoms with van der Waals surface area (Å²) in [5, 5.41) is 0. The van der Waals surface area contributed by atoms with Crippen LogP contribution in [0.5, 0.6) is 5.75 Å². The molecule has 0 bridgehead atoms. The summed E-state index contributed by atoms with van der Waals surface area (Å²) in [6.45, 7) is 0. The molecule has 0 saturated heterocycles. The van der Waals surface area contributed by atoms with Crippen molar-refractivity contribution in [2.24, 2.45) is 0 Å². The summed E-state index contributed by atoms with van der Waals surface area (Å²) >= 11 is 2.99. The Bertz CT molecular complexity index is 781. The zero-order valence-corrected chi connectivity index (χ0v) is 13.3. The third-order valence-corrected chi connectivity index (χ3v) is 4.67. The smallest absolute Gasteiger partial charge is 0.261 e. The van der Waals surface area contributed by atoms with E-state index in [-0.39, 0.29) is 20.7 Å². The number of benzene rings is 2. The minimum Gasteiger partial charge on any atom is -0.495 e. The third kappa shape index (κ3) is 3.45. The van der Waals surface area contributed by atoms with Gasteiger partial charge in [0, 0.05) is 0 Å². The maximum atomic E-state index is 13.1. The van der Waals surface area contributed by atoms with Gasteiger partial charge in [-0.1, -0.05) is 0 Å². The molecule has 0 saturated carbocycles. The van der Waals surface area contributed by atoms with Crippen molar-refractivity contribution in [3.05, 3.63) is 46.7 Å². The van der Waals surface area contributed by atoms with E-state index in [4.69, 9.17) is 10.5 Å². The molecule has 2 rings (SSSR count). The first kappa shape index (κ1) is 15.6. The van der Waals surface area contributed by atoms with E-state index in [0.29, 0.717) is 5.75 Å². The molecule has 0 atom stereocenters. The van der Waals surface area contributed by atoms with Gasteiger partial charge in [0.15, 0.2) is 0 Å². The maximum absolute atomic E-state index is 13.1. The Kier molecular flexibility index (Phi) is 4.38. The van der Waals surface area contributed by atoms with Crippen LogP contribution in [0.15, 0.2) is 45.8 Å². The maximum Gasteiger partial charge on any atom is 0.261 e. The molecule has 0 heterocycles. The first-order valence-corrected chi connectivity index (χ1v) is 8.02. The van der Waals surface area contributed by atoms with Gasteiger partial charge >= 0.3 is 0 Å². The Labute approximate surface area is 130 Å². The van der Waals surface area contributed by atoms with Gasteiger partial charge in [-0.05, 0) is 52.3 Å². The molecule has 0 amide bonds. The molecule has 0 aliphatic carbocycles. The van der Waals surface area contributed by atoms with Crippen LogP contribution in [-0.2, 0) is 10.0 Å². The molecule has 8 heteroatoms. The van der Waals surface area contributed by atoms with Crippen LogP contribution in [-0.4, -0.2) is 15.5 Å². The topological polar surface area (TPSA) is 81.4 Å². The number of anilines is 2. The molecular formula is C13H12BrFN2O3S. The predicted molar refractivity (Wildman–Crippen MR) is 82.3 cm³/mol. The summed E-state index contributed by atoms with van der Waals surface area (Å²) in [5.41, 5.74) is 6.13. The standard InChI is InChI=1S/C13H12BrFN2O3S/c1-20-13-5-3-9(7-12(13)16)21(18,19)17-8-2-4-11(15)10(14)6-8/h2-7,17H,16H2,1H3. The highest BCUT2D eigenvalue weighted by molar-refractivity contribution is 9.10. The zero-order chi connectivity index (χ0) is 15.6. The average molecular weight is 375 g/mol. The van der Waals surface area contributed by atoms with Gasteiger partial charge in [-0.25, -0.2) is 12.8 Å². The normalized spacial score (nSPS) is 11.2. The van der Waals surface area contributed by atoms with Crippen LogP contribution in [0.4, 0.5) is 15.8 Å². The van der Waals surface area contributed by atoms with Crippen molar-refractivity contribution >= 4 is 37.3 Å². The molecular weight excluding hydrogens is 363 g/mol. The molecule has 0 aliphatic heterocycles. The molecule has 0 unspecified atom stereocenters. The van der Waals surface area contributed by atoms with E-state index in [1.54, 1.807) is 0 Å². The highest BCUT2D eigenvalue weighted by atomic mass is 79.9. The summed E-state index contributed by atoms with van der Waals surface area (Å²) < 4.78 is 45.1. The van der Waals surface area contributed by atoms with Crippen molar-refractivity contribution in [1.29, 1.82) is 0 Å². The van der Waals surface area contributed by atoms with Crippen molar-refractivity contribution in [3.8, 4) is 5.75 Å². The van der Waals surface area contributed by atoms with E-state index in [2.05, 4.69) is 20.7 Å². The molecule has 0 radical (unpaired) electrons. The zero-order valence-electron chi connectivity index (χ0n) is 10.9. The van der Waals surface area contributed by atoms with Crippen LogP contribution in [0.1, 0.15) is 0 Å². The number of nitrogens with one attached hydrogen (secondary N) is 1. The molecule has 0 aliphatic rings. The van der Waals surface area contributed by atoms with Gasteiger partial charge in [0.1, 0.15) is 11.6 Å². The molecule has 2 aromatic rings. The van der Waals surface area contributed by atoms with E-state index in [1.165, 1.54) is 37.4 Å². The summed E-state index contributed by atoms with van der Waals surface area (Å²) in [6, 6.07) is 7.94. The number of hydrogen-bond donors (Lipinski definition) is 2. The van der Waals surface area contributed by atoms with Gasteiger partial charge in [0.2, 0.25) is 0 Å². The Morgan fingerprint density at radius 2 is 1.95 bits per heavy atom. The van der Waals surface area contributed by atoms with Gasteiger partial charge in [-0.15, -0.1) is 0 Å². The van der Waals surface area contributed by atoms with Gasteiger partial charge in [0.05, 0.1) is 27.9 Å². The number of nitrogens with two attached hydrogens (primary N) is 1. The molecule has 0 fully saturated rings. The minimum atomic E-state index is -3.82. The van der Waals surface area contributed by atoms with E-state index >= 15 is 0 Å². The first-order valence-electron chi connectivity index (χ1n) is 5.75. The molecule has 112 valence electrons. The monoisotopic (exact) mass is 374 g/mol. The van der Waals surface area contributed by atoms with Gasteiger partial charge in [-0.2, -0.15) is 0 Å². The fourth-order valence-electron chi connectivity index (χ4n) is 1.65. The van der Waals surface area contributed by atoms with Crippen molar-refractivity contribution < 1.29 is 17.5 Å². The first-order chi connectivity index (χ1) is 9.83. The summed E-state index contributed by atoms with van der Waals surface area (Å²) in [5.74, 6) is -0.0925. The fourth-order valence-corrected chi connectivity index (χ4v) is 3.12. The minimum absolute atomic E-state index is 0.0127. The summed E-state index contributed by atoms with van der Waals surface area (Å²) in [7, 11) is -2.38. The van der Waals surface area contributed by atoms with Gasteiger partial charge in [0.25, 0.3) is 10.0 Å². The van der Waals surface area contributed by atoms with E-state index < -0.39 is 15.8 Å². The highest BCUT2D eigenvalue weighted by Gasteiger charge is 2.16. The van der Waals surface area contributed by atoms with E-state index in [0.717, 1.165) is 6.07 Å². The number of sulfonamides is 1. The summed E-state index contributed by atoms with van der Waals surface area (Å²) in [6.07, 6.45) is 0. The highest BCUT2D eigenvalue weighted by Crippen LogP contribution is 2.26. The van der Waals surface area contributed by atoms with E-state index in [1.807, 2.05) is 0 Å². The average Bonchev–Trinajstić information content (AvgIpc) is 2.42. The van der Waals surface area contributed by atoms with Crippen molar-refractivity contribution in [2.75, 3.05) is 17.6 Å². The lowest BCUT2D eigenvalue weighted by Crippen LogP contribution is -2.13. The number of nitrogen functional groups attached to an aromatic ring is 1. The lowest BCUT2D eigenvalue weighted by molar-refractivity contribution is 0.416. The van der Waals surface area contributed by atoms with Crippen molar-refractivity contribution in [1.82, 2.24) is 0 Å². The molecule has 5 nitrogen and oxygen atoms in total. The fraction of sp³-hybridized carbons (Fsp3) is 0.0769. The molecule has 2 aromatic carbocycles. The SMILES string of the molecule is COc1ccc(S(=O)(=O)Nc2ccc(F)c(Br)c2)cc1N. The van der Waals surface area contributed by atoms with Crippen LogP contribution in [0.3, 0.4) is 0 Å². The Hall–Kier alpha value is -1.80. The number of ether oxygens (including phenoxy) is 1. The van der Waals surface area contributed by atoms with Crippen molar-refractivity contribution in [2.45, 2.75) is 4.90 Å². The summed E-state index contributed by atoms with van der Waals surface area (Å²) in [4.78, 5) is -0.0127. The van der Waals surface area contributed by atoms with Gasteiger partial charge in [-0.3, -0.25) is 4.72 Å². The second kappa shape index (κ2) is 5.90. The van der Waals surface area contributed by atoms with Gasteiger partial charge < -0.3 is 10.5 Å². The number of rotatable bonds is 4. The van der Waals surface area contributed by atoms with Crippen LogP contribution >= 0.6 is 15.9 Å². The molecule has 0 aromatic heterocycles. The lowest BCUT2D eigenvalue weighted by Gasteiger charge is -2.10. The van der Waals surface area contributed by atoms with Crippen molar-refractivity contribution in [3.63, 3.8) is 0 Å². The van der Waals surface area contributed by atoms with Crippen LogP contribution < -0.4 is 15.2 Å².